The highest BCUT2D eigenvalue weighted by molar-refractivity contribution is 5.83. The molecule has 2 heterocycles. The molecule has 2 aromatic heterocycles. The molecule has 3 aromatic rings. The van der Waals surface area contributed by atoms with Crippen molar-refractivity contribution >= 4 is 16.6 Å². The molecular formula is C16H15N3O. The lowest BCUT2D eigenvalue weighted by atomic mass is 10.1. The van der Waals surface area contributed by atoms with Gasteiger partial charge in [0.25, 0.3) is 5.56 Å². The number of hydrogen-bond donors (Lipinski definition) is 1. The number of pyridine rings is 2. The second kappa shape index (κ2) is 4.81. The molecule has 4 heteroatoms. The third-order valence-electron chi connectivity index (χ3n) is 3.53. The molecule has 0 atom stereocenters. The first kappa shape index (κ1) is 12.4. The number of aryl methyl sites for hydroxylation is 1. The number of aromatic nitrogens is 2. The average molecular weight is 265 g/mol. The van der Waals surface area contributed by atoms with Gasteiger partial charge in [0.05, 0.1) is 6.54 Å². The molecule has 0 spiro atoms. The Morgan fingerprint density at radius 1 is 1.25 bits per heavy atom. The van der Waals surface area contributed by atoms with E-state index in [1.54, 1.807) is 17.0 Å². The predicted octanol–water partition coefficient (Wildman–Crippen LogP) is 2.34. The minimum atomic E-state index is -0.0659. The van der Waals surface area contributed by atoms with E-state index in [2.05, 4.69) is 4.98 Å². The van der Waals surface area contributed by atoms with Crippen molar-refractivity contribution in [2.75, 3.05) is 5.73 Å². The zero-order valence-corrected chi connectivity index (χ0v) is 11.2. The van der Waals surface area contributed by atoms with Gasteiger partial charge in [-0.2, -0.15) is 0 Å². The molecule has 0 radical (unpaired) electrons. The van der Waals surface area contributed by atoms with Crippen LogP contribution in [0.4, 0.5) is 5.82 Å². The van der Waals surface area contributed by atoms with Gasteiger partial charge in [-0.1, -0.05) is 18.2 Å². The smallest absolute Gasteiger partial charge is 0.260 e. The molecule has 3 rings (SSSR count). The van der Waals surface area contributed by atoms with Crippen LogP contribution in [0, 0.1) is 6.92 Å². The Balaban J connectivity index is 2.17. The van der Waals surface area contributed by atoms with Gasteiger partial charge in [-0.15, -0.1) is 0 Å². The van der Waals surface area contributed by atoms with Crippen molar-refractivity contribution in [3.8, 4) is 0 Å². The second-order valence-electron chi connectivity index (χ2n) is 4.85. The van der Waals surface area contributed by atoms with Crippen molar-refractivity contribution < 1.29 is 0 Å². The summed E-state index contributed by atoms with van der Waals surface area (Å²) in [6, 6.07) is 11.2. The molecule has 0 aliphatic carbocycles. The molecule has 0 aliphatic heterocycles. The van der Waals surface area contributed by atoms with E-state index in [1.165, 1.54) is 0 Å². The first-order valence-electron chi connectivity index (χ1n) is 6.44. The summed E-state index contributed by atoms with van der Waals surface area (Å²) in [6.45, 7) is 2.44. The zero-order valence-electron chi connectivity index (χ0n) is 11.2. The summed E-state index contributed by atoms with van der Waals surface area (Å²) in [5, 5.41) is 1.55. The van der Waals surface area contributed by atoms with Crippen LogP contribution >= 0.6 is 0 Å². The molecular weight excluding hydrogens is 250 g/mol. The minimum absolute atomic E-state index is 0.0659. The van der Waals surface area contributed by atoms with E-state index in [0.717, 1.165) is 16.5 Å². The number of rotatable bonds is 2. The third kappa shape index (κ3) is 2.05. The number of hydrogen-bond acceptors (Lipinski definition) is 3. The Morgan fingerprint density at radius 2 is 2.05 bits per heavy atom. The van der Waals surface area contributed by atoms with Gasteiger partial charge in [0.2, 0.25) is 0 Å². The van der Waals surface area contributed by atoms with Crippen LogP contribution in [0.15, 0.2) is 53.6 Å². The highest BCUT2D eigenvalue weighted by atomic mass is 16.1. The Morgan fingerprint density at radius 3 is 2.85 bits per heavy atom. The maximum absolute atomic E-state index is 12.5. The van der Waals surface area contributed by atoms with Gasteiger partial charge in [0.1, 0.15) is 5.82 Å². The number of nitrogens with two attached hydrogens (primary N) is 1. The highest BCUT2D eigenvalue weighted by Gasteiger charge is 2.08. The van der Waals surface area contributed by atoms with Crippen molar-refractivity contribution in [3.63, 3.8) is 0 Å². The third-order valence-corrected chi connectivity index (χ3v) is 3.53. The van der Waals surface area contributed by atoms with Crippen molar-refractivity contribution in [2.45, 2.75) is 13.5 Å². The number of benzene rings is 1. The number of nitrogens with zero attached hydrogens (tertiary/aromatic N) is 2. The molecule has 100 valence electrons. The SMILES string of the molecule is Cc1ccncc1Cn1c(N)cc2ccccc2c1=O. The van der Waals surface area contributed by atoms with E-state index < -0.39 is 0 Å². The Labute approximate surface area is 116 Å². The average Bonchev–Trinajstić information content (AvgIpc) is 2.45. The van der Waals surface area contributed by atoms with Gasteiger partial charge in [0, 0.05) is 17.8 Å². The van der Waals surface area contributed by atoms with Gasteiger partial charge in [-0.3, -0.25) is 14.3 Å². The van der Waals surface area contributed by atoms with Crippen LogP contribution in [0.25, 0.3) is 10.8 Å². The second-order valence-corrected chi connectivity index (χ2v) is 4.85. The predicted molar refractivity (Wildman–Crippen MR) is 80.7 cm³/mol. The van der Waals surface area contributed by atoms with Crippen LogP contribution in [0.2, 0.25) is 0 Å². The fourth-order valence-electron chi connectivity index (χ4n) is 2.31. The molecule has 0 saturated carbocycles. The molecule has 2 N–H and O–H groups in total. The minimum Gasteiger partial charge on any atom is -0.385 e. The van der Waals surface area contributed by atoms with Crippen LogP contribution in [0.1, 0.15) is 11.1 Å². The van der Waals surface area contributed by atoms with Crippen molar-refractivity contribution in [3.05, 3.63) is 70.3 Å². The van der Waals surface area contributed by atoms with Gasteiger partial charge >= 0.3 is 0 Å². The largest absolute Gasteiger partial charge is 0.385 e. The first-order valence-corrected chi connectivity index (χ1v) is 6.44. The fraction of sp³-hybridized carbons (Fsp3) is 0.125. The molecule has 0 aliphatic rings. The topological polar surface area (TPSA) is 60.9 Å². The lowest BCUT2D eigenvalue weighted by molar-refractivity contribution is 0.772. The van der Waals surface area contributed by atoms with Gasteiger partial charge < -0.3 is 5.73 Å². The lowest BCUT2D eigenvalue weighted by Crippen LogP contribution is -2.24. The molecule has 4 nitrogen and oxygen atoms in total. The molecule has 0 saturated heterocycles. The number of anilines is 1. The standard InChI is InChI=1S/C16H15N3O/c1-11-6-7-18-9-13(11)10-19-15(17)8-12-4-2-3-5-14(12)16(19)20/h2-9H,10,17H2,1H3. The van der Waals surface area contributed by atoms with Crippen LogP contribution in [0.3, 0.4) is 0 Å². The van der Waals surface area contributed by atoms with Gasteiger partial charge in [-0.05, 0) is 41.6 Å². The monoisotopic (exact) mass is 265 g/mol. The molecule has 0 fully saturated rings. The summed E-state index contributed by atoms with van der Waals surface area (Å²) in [4.78, 5) is 16.6. The molecule has 20 heavy (non-hydrogen) atoms. The van der Waals surface area contributed by atoms with E-state index in [1.807, 2.05) is 43.3 Å². The summed E-state index contributed by atoms with van der Waals surface area (Å²) >= 11 is 0. The van der Waals surface area contributed by atoms with Crippen LogP contribution < -0.4 is 11.3 Å². The molecule has 0 bridgehead atoms. The number of fused-ring (bicyclic) bond motifs is 1. The van der Waals surface area contributed by atoms with Gasteiger partial charge in [-0.25, -0.2) is 0 Å². The molecule has 0 unspecified atom stereocenters. The van der Waals surface area contributed by atoms with Crippen molar-refractivity contribution in [2.24, 2.45) is 0 Å². The summed E-state index contributed by atoms with van der Waals surface area (Å²) in [5.74, 6) is 0.469. The van der Waals surface area contributed by atoms with E-state index in [4.69, 9.17) is 5.73 Å². The lowest BCUT2D eigenvalue weighted by Gasteiger charge is -2.12. The fourth-order valence-corrected chi connectivity index (χ4v) is 2.31. The van der Waals surface area contributed by atoms with E-state index >= 15 is 0 Å². The van der Waals surface area contributed by atoms with Crippen molar-refractivity contribution in [1.29, 1.82) is 0 Å². The Bertz CT molecular complexity index is 836. The summed E-state index contributed by atoms with van der Waals surface area (Å²) in [7, 11) is 0. The van der Waals surface area contributed by atoms with E-state index in [-0.39, 0.29) is 5.56 Å². The van der Waals surface area contributed by atoms with Crippen molar-refractivity contribution in [1.82, 2.24) is 9.55 Å². The van der Waals surface area contributed by atoms with E-state index in [0.29, 0.717) is 17.7 Å². The Hall–Kier alpha value is -2.62. The van der Waals surface area contributed by atoms with Crippen LogP contribution in [-0.4, -0.2) is 9.55 Å². The summed E-state index contributed by atoms with van der Waals surface area (Å²) < 4.78 is 1.59. The highest BCUT2D eigenvalue weighted by Crippen LogP contribution is 2.15. The van der Waals surface area contributed by atoms with E-state index in [9.17, 15) is 4.79 Å². The van der Waals surface area contributed by atoms with Crippen LogP contribution in [-0.2, 0) is 6.54 Å². The molecule has 0 amide bonds. The first-order chi connectivity index (χ1) is 9.66. The summed E-state index contributed by atoms with van der Waals surface area (Å²) in [6.07, 6.45) is 3.52. The Kier molecular flexibility index (Phi) is 2.99. The maximum Gasteiger partial charge on any atom is 0.260 e. The summed E-state index contributed by atoms with van der Waals surface area (Å²) in [5.41, 5.74) is 8.06. The molecule has 1 aromatic carbocycles. The number of nitrogen functional groups attached to an aromatic ring is 1. The normalized spacial score (nSPS) is 10.8. The quantitative estimate of drug-likeness (QED) is 0.773. The van der Waals surface area contributed by atoms with Gasteiger partial charge in [0.15, 0.2) is 0 Å². The van der Waals surface area contributed by atoms with Crippen LogP contribution in [0.5, 0.6) is 0 Å². The maximum atomic E-state index is 12.5. The zero-order chi connectivity index (χ0) is 14.1.